The maximum atomic E-state index is 13.8. The van der Waals surface area contributed by atoms with Gasteiger partial charge in [-0.3, -0.25) is 9.10 Å². The Labute approximate surface area is 174 Å². The number of aryl methyl sites for hydroxylation is 2. The van der Waals surface area contributed by atoms with Crippen LogP contribution in [0.4, 0.5) is 15.8 Å². The molecule has 30 heavy (non-hydrogen) atoms. The van der Waals surface area contributed by atoms with E-state index >= 15 is 0 Å². The molecule has 0 radical (unpaired) electrons. The quantitative estimate of drug-likeness (QED) is 0.693. The zero-order valence-corrected chi connectivity index (χ0v) is 17.4. The third-order valence-electron chi connectivity index (χ3n) is 5.16. The standard InChI is InChI=1S/C21H21FN4O3S/c1-14-7-8-17(10-18(14)22)24-21(27)16-9-15-5-3-4-6-19(15)26(11-16)30(28,29)20-12-25(2)13-23-20/h3-8,10,12-13,16H,9,11H2,1-2H3,(H,24,27). The van der Waals surface area contributed by atoms with Gasteiger partial charge in [0, 0.05) is 25.5 Å². The van der Waals surface area contributed by atoms with Crippen LogP contribution in [0.2, 0.25) is 0 Å². The van der Waals surface area contributed by atoms with Gasteiger partial charge in [-0.15, -0.1) is 0 Å². The van der Waals surface area contributed by atoms with Gasteiger partial charge in [0.2, 0.25) is 5.91 Å². The fourth-order valence-corrected chi connectivity index (χ4v) is 5.03. The monoisotopic (exact) mass is 428 g/mol. The van der Waals surface area contributed by atoms with Crippen LogP contribution in [-0.2, 0) is 28.3 Å². The highest BCUT2D eigenvalue weighted by molar-refractivity contribution is 7.92. The lowest BCUT2D eigenvalue weighted by molar-refractivity contribution is -0.119. The van der Waals surface area contributed by atoms with Gasteiger partial charge in [-0.1, -0.05) is 24.3 Å². The van der Waals surface area contributed by atoms with Gasteiger partial charge in [-0.2, -0.15) is 8.42 Å². The van der Waals surface area contributed by atoms with E-state index in [1.807, 2.05) is 0 Å². The van der Waals surface area contributed by atoms with Crippen LogP contribution in [0.5, 0.6) is 0 Å². The molecule has 1 aromatic heterocycles. The first-order valence-corrected chi connectivity index (χ1v) is 10.9. The molecule has 0 saturated carbocycles. The molecular weight excluding hydrogens is 407 g/mol. The fraction of sp³-hybridized carbons (Fsp3) is 0.238. The van der Waals surface area contributed by atoms with Crippen LogP contribution >= 0.6 is 0 Å². The minimum atomic E-state index is -3.94. The van der Waals surface area contributed by atoms with E-state index in [0.29, 0.717) is 23.4 Å². The van der Waals surface area contributed by atoms with E-state index in [1.165, 1.54) is 22.9 Å². The number of halogens is 1. The number of carbonyl (C=O) groups excluding carboxylic acids is 1. The van der Waals surface area contributed by atoms with Gasteiger partial charge < -0.3 is 9.88 Å². The number of imidazole rings is 1. The molecule has 0 fully saturated rings. The highest BCUT2D eigenvalue weighted by Gasteiger charge is 2.37. The van der Waals surface area contributed by atoms with Gasteiger partial charge in [-0.25, -0.2) is 9.37 Å². The van der Waals surface area contributed by atoms with Crippen molar-refractivity contribution in [2.75, 3.05) is 16.2 Å². The first-order chi connectivity index (χ1) is 14.3. The topological polar surface area (TPSA) is 84.3 Å². The number of nitrogens with one attached hydrogen (secondary N) is 1. The van der Waals surface area contributed by atoms with Crippen molar-refractivity contribution in [2.24, 2.45) is 13.0 Å². The Balaban J connectivity index is 1.65. The number of rotatable bonds is 4. The highest BCUT2D eigenvalue weighted by Crippen LogP contribution is 2.34. The minimum Gasteiger partial charge on any atom is -0.339 e. The van der Waals surface area contributed by atoms with Crippen molar-refractivity contribution in [3.05, 3.63) is 71.9 Å². The van der Waals surface area contributed by atoms with Crippen LogP contribution in [0.15, 0.2) is 60.0 Å². The zero-order chi connectivity index (χ0) is 21.5. The second-order valence-corrected chi connectivity index (χ2v) is 9.21. The van der Waals surface area contributed by atoms with Crippen molar-refractivity contribution in [1.29, 1.82) is 0 Å². The molecule has 1 aliphatic rings. The number of para-hydroxylation sites is 1. The maximum Gasteiger partial charge on any atom is 0.283 e. The van der Waals surface area contributed by atoms with Crippen LogP contribution in [-0.4, -0.2) is 30.4 Å². The number of nitrogens with zero attached hydrogens (tertiary/aromatic N) is 3. The van der Waals surface area contributed by atoms with E-state index in [2.05, 4.69) is 10.3 Å². The summed E-state index contributed by atoms with van der Waals surface area (Å²) in [6.07, 6.45) is 3.22. The Bertz CT molecular complexity index is 1220. The smallest absolute Gasteiger partial charge is 0.283 e. The van der Waals surface area contributed by atoms with Crippen LogP contribution in [0, 0.1) is 18.7 Å². The van der Waals surface area contributed by atoms with Gasteiger partial charge in [-0.05, 0) is 42.7 Å². The summed E-state index contributed by atoms with van der Waals surface area (Å²) >= 11 is 0. The molecule has 1 amide bonds. The van der Waals surface area contributed by atoms with E-state index in [-0.39, 0.29) is 17.5 Å². The van der Waals surface area contributed by atoms with Gasteiger partial charge in [0.05, 0.1) is 17.9 Å². The number of amides is 1. The molecule has 1 atom stereocenters. The molecule has 0 bridgehead atoms. The molecule has 0 spiro atoms. The lowest BCUT2D eigenvalue weighted by Gasteiger charge is -2.34. The number of anilines is 2. The average Bonchev–Trinajstić information content (AvgIpc) is 3.17. The molecule has 156 valence electrons. The average molecular weight is 428 g/mol. The summed E-state index contributed by atoms with van der Waals surface area (Å²) in [7, 11) is -2.26. The lowest BCUT2D eigenvalue weighted by Crippen LogP contribution is -2.44. The molecule has 0 saturated heterocycles. The number of fused-ring (bicyclic) bond motifs is 1. The van der Waals surface area contributed by atoms with E-state index in [4.69, 9.17) is 0 Å². The van der Waals surface area contributed by atoms with E-state index in [0.717, 1.165) is 5.56 Å². The number of aromatic nitrogens is 2. The Morgan fingerprint density at radius 3 is 2.70 bits per heavy atom. The number of hydrogen-bond donors (Lipinski definition) is 1. The maximum absolute atomic E-state index is 13.8. The Morgan fingerprint density at radius 2 is 2.00 bits per heavy atom. The Kier molecular flexibility index (Phi) is 5.07. The molecule has 3 aromatic rings. The molecular formula is C21H21FN4O3S. The van der Waals surface area contributed by atoms with E-state index in [9.17, 15) is 17.6 Å². The van der Waals surface area contributed by atoms with Crippen molar-refractivity contribution in [3.8, 4) is 0 Å². The molecule has 0 aliphatic carbocycles. The largest absolute Gasteiger partial charge is 0.339 e. The van der Waals surface area contributed by atoms with Crippen molar-refractivity contribution in [3.63, 3.8) is 0 Å². The van der Waals surface area contributed by atoms with Gasteiger partial charge in [0.25, 0.3) is 10.0 Å². The second-order valence-electron chi connectivity index (χ2n) is 7.40. The SMILES string of the molecule is Cc1ccc(NC(=O)C2Cc3ccccc3N(S(=O)(=O)c3cn(C)cn3)C2)cc1F. The molecule has 4 rings (SSSR count). The van der Waals surface area contributed by atoms with Gasteiger partial charge in [0.1, 0.15) is 5.82 Å². The van der Waals surface area contributed by atoms with Crippen LogP contribution in [0.3, 0.4) is 0 Å². The first kappa shape index (κ1) is 20.1. The zero-order valence-electron chi connectivity index (χ0n) is 16.5. The summed E-state index contributed by atoms with van der Waals surface area (Å²) in [6.45, 7) is 1.61. The summed E-state index contributed by atoms with van der Waals surface area (Å²) in [4.78, 5) is 16.9. The highest BCUT2D eigenvalue weighted by atomic mass is 32.2. The number of hydrogen-bond acceptors (Lipinski definition) is 4. The first-order valence-electron chi connectivity index (χ1n) is 9.41. The molecule has 2 heterocycles. The summed E-state index contributed by atoms with van der Waals surface area (Å²) in [5, 5.41) is 2.62. The van der Waals surface area contributed by atoms with Crippen LogP contribution < -0.4 is 9.62 Å². The predicted molar refractivity (Wildman–Crippen MR) is 111 cm³/mol. The van der Waals surface area contributed by atoms with E-state index in [1.54, 1.807) is 54.9 Å². The molecule has 1 unspecified atom stereocenters. The van der Waals surface area contributed by atoms with Crippen molar-refractivity contribution in [1.82, 2.24) is 9.55 Å². The molecule has 7 nitrogen and oxygen atoms in total. The van der Waals surface area contributed by atoms with Gasteiger partial charge >= 0.3 is 0 Å². The predicted octanol–water partition coefficient (Wildman–Crippen LogP) is 2.87. The fourth-order valence-electron chi connectivity index (χ4n) is 3.51. The summed E-state index contributed by atoms with van der Waals surface area (Å²) in [5.41, 5.74) is 2.10. The third kappa shape index (κ3) is 3.68. The van der Waals surface area contributed by atoms with Crippen molar-refractivity contribution >= 4 is 27.3 Å². The second kappa shape index (κ2) is 7.56. The molecule has 2 aromatic carbocycles. The Hall–Kier alpha value is -3.20. The minimum absolute atomic E-state index is 0.0316. The van der Waals surface area contributed by atoms with Crippen LogP contribution in [0.25, 0.3) is 0 Å². The number of benzene rings is 2. The molecule has 1 aliphatic heterocycles. The normalized spacial score (nSPS) is 16.2. The summed E-state index contributed by atoms with van der Waals surface area (Å²) in [6, 6.07) is 11.6. The Morgan fingerprint density at radius 1 is 1.23 bits per heavy atom. The van der Waals surface area contributed by atoms with Crippen molar-refractivity contribution < 1.29 is 17.6 Å². The lowest BCUT2D eigenvalue weighted by atomic mass is 9.93. The van der Waals surface area contributed by atoms with Crippen molar-refractivity contribution in [2.45, 2.75) is 18.4 Å². The van der Waals surface area contributed by atoms with E-state index < -0.39 is 21.8 Å². The number of sulfonamides is 1. The summed E-state index contributed by atoms with van der Waals surface area (Å²) in [5.74, 6) is -1.42. The number of carbonyl (C=O) groups is 1. The van der Waals surface area contributed by atoms with Gasteiger partial charge in [0.15, 0.2) is 5.03 Å². The summed E-state index contributed by atoms with van der Waals surface area (Å²) < 4.78 is 43.1. The molecule has 9 heteroatoms. The van der Waals surface area contributed by atoms with Crippen LogP contribution in [0.1, 0.15) is 11.1 Å². The molecule has 1 N–H and O–H groups in total. The third-order valence-corrected chi connectivity index (χ3v) is 6.82.